The van der Waals surface area contributed by atoms with Gasteiger partial charge < -0.3 is 19.5 Å². The summed E-state index contributed by atoms with van der Waals surface area (Å²) in [6, 6.07) is 0. The van der Waals surface area contributed by atoms with E-state index in [0.717, 1.165) is 0 Å². The molecule has 2 fully saturated rings. The number of carboxylic acids is 1. The summed E-state index contributed by atoms with van der Waals surface area (Å²) in [5, 5.41) is 9.40. The molecule has 2 atom stereocenters. The first-order valence-corrected chi connectivity index (χ1v) is 5.94. The van der Waals surface area contributed by atoms with Crippen molar-refractivity contribution < 1.29 is 24.2 Å². The highest BCUT2D eigenvalue weighted by Crippen LogP contribution is 2.41. The number of carboxylic acid groups (broad SMARTS) is 1. The van der Waals surface area contributed by atoms with Crippen molar-refractivity contribution in [2.24, 2.45) is 11.3 Å². The highest BCUT2D eigenvalue weighted by Gasteiger charge is 2.55. The van der Waals surface area contributed by atoms with Gasteiger partial charge in [-0.15, -0.1) is 0 Å². The van der Waals surface area contributed by atoms with Crippen LogP contribution < -0.4 is 0 Å². The lowest BCUT2D eigenvalue weighted by atomic mass is 9.76. The standard InChI is InChI=1S/C12H17NO5/c1-2-4-18-11(16)13-6-9-3-5-17-8-12(9,7-13)10(14)15/h2,9H,1,3-8H2,(H,14,15)/t9-,12+/m1/s1. The fraction of sp³-hybridized carbons (Fsp3) is 0.667. The van der Waals surface area contributed by atoms with E-state index in [1.54, 1.807) is 0 Å². The van der Waals surface area contributed by atoms with Gasteiger partial charge in [-0.2, -0.15) is 0 Å². The summed E-state index contributed by atoms with van der Waals surface area (Å²) in [5.74, 6) is -0.953. The van der Waals surface area contributed by atoms with E-state index in [1.165, 1.54) is 11.0 Å². The van der Waals surface area contributed by atoms with Gasteiger partial charge >= 0.3 is 12.1 Å². The molecule has 2 rings (SSSR count). The molecule has 6 heteroatoms. The van der Waals surface area contributed by atoms with Crippen molar-refractivity contribution in [2.45, 2.75) is 6.42 Å². The summed E-state index contributed by atoms with van der Waals surface area (Å²) in [6.45, 7) is 4.89. The Balaban J connectivity index is 2.09. The minimum absolute atomic E-state index is 0.0555. The highest BCUT2D eigenvalue weighted by molar-refractivity contribution is 5.78. The maximum absolute atomic E-state index is 11.7. The number of ether oxygens (including phenoxy) is 2. The maximum atomic E-state index is 11.7. The lowest BCUT2D eigenvalue weighted by Gasteiger charge is -2.33. The second kappa shape index (κ2) is 4.97. The fourth-order valence-electron chi connectivity index (χ4n) is 2.65. The van der Waals surface area contributed by atoms with E-state index in [9.17, 15) is 14.7 Å². The van der Waals surface area contributed by atoms with E-state index in [-0.39, 0.29) is 25.7 Å². The van der Waals surface area contributed by atoms with Crippen molar-refractivity contribution in [1.82, 2.24) is 4.90 Å². The van der Waals surface area contributed by atoms with Crippen LogP contribution in [0.5, 0.6) is 0 Å². The molecule has 100 valence electrons. The molecule has 0 saturated carbocycles. The summed E-state index contributed by atoms with van der Waals surface area (Å²) in [4.78, 5) is 24.7. The molecule has 18 heavy (non-hydrogen) atoms. The predicted octanol–water partition coefficient (Wildman–Crippen LogP) is 0.732. The monoisotopic (exact) mass is 255 g/mol. The predicted molar refractivity (Wildman–Crippen MR) is 62.1 cm³/mol. The third kappa shape index (κ3) is 2.08. The first kappa shape index (κ1) is 12.9. The van der Waals surface area contributed by atoms with Crippen LogP contribution >= 0.6 is 0 Å². The molecule has 0 unspecified atom stereocenters. The van der Waals surface area contributed by atoms with E-state index >= 15 is 0 Å². The van der Waals surface area contributed by atoms with Gasteiger partial charge in [0.25, 0.3) is 0 Å². The van der Waals surface area contributed by atoms with Crippen LogP contribution in [0.3, 0.4) is 0 Å². The van der Waals surface area contributed by atoms with Crippen LogP contribution in [0.4, 0.5) is 4.79 Å². The molecule has 0 bridgehead atoms. The lowest BCUT2D eigenvalue weighted by molar-refractivity contribution is -0.159. The second-order valence-corrected chi connectivity index (χ2v) is 4.75. The van der Waals surface area contributed by atoms with Crippen LogP contribution in [-0.4, -0.2) is 55.0 Å². The molecule has 0 spiro atoms. The number of nitrogens with zero attached hydrogens (tertiary/aromatic N) is 1. The Labute approximate surface area is 105 Å². The van der Waals surface area contributed by atoms with Gasteiger partial charge in [-0.3, -0.25) is 4.79 Å². The van der Waals surface area contributed by atoms with E-state index in [2.05, 4.69) is 6.58 Å². The van der Waals surface area contributed by atoms with Gasteiger partial charge in [-0.05, 0) is 12.3 Å². The molecule has 0 aromatic rings. The van der Waals surface area contributed by atoms with Crippen molar-refractivity contribution in [3.8, 4) is 0 Å². The Morgan fingerprint density at radius 1 is 1.61 bits per heavy atom. The molecule has 0 radical (unpaired) electrons. The Hall–Kier alpha value is -1.56. The zero-order chi connectivity index (χ0) is 13.2. The van der Waals surface area contributed by atoms with Crippen molar-refractivity contribution in [3.05, 3.63) is 12.7 Å². The van der Waals surface area contributed by atoms with Gasteiger partial charge in [-0.1, -0.05) is 12.7 Å². The minimum atomic E-state index is -0.967. The highest BCUT2D eigenvalue weighted by atomic mass is 16.6. The Morgan fingerprint density at radius 3 is 3.00 bits per heavy atom. The minimum Gasteiger partial charge on any atom is -0.481 e. The van der Waals surface area contributed by atoms with Crippen LogP contribution in [0.1, 0.15) is 6.42 Å². The molecule has 2 saturated heterocycles. The van der Waals surface area contributed by atoms with E-state index in [4.69, 9.17) is 9.47 Å². The molecule has 1 N–H and O–H groups in total. The molecule has 2 heterocycles. The van der Waals surface area contributed by atoms with E-state index in [0.29, 0.717) is 19.6 Å². The molecular weight excluding hydrogens is 238 g/mol. The Kier molecular flexibility index (Phi) is 3.56. The van der Waals surface area contributed by atoms with Gasteiger partial charge in [0.1, 0.15) is 12.0 Å². The Bertz CT molecular complexity index is 369. The molecule has 2 aliphatic rings. The zero-order valence-corrected chi connectivity index (χ0v) is 10.1. The number of amides is 1. The largest absolute Gasteiger partial charge is 0.481 e. The summed E-state index contributed by atoms with van der Waals surface area (Å²) >= 11 is 0. The van der Waals surface area contributed by atoms with Crippen molar-refractivity contribution in [3.63, 3.8) is 0 Å². The van der Waals surface area contributed by atoms with Crippen LogP contribution in [0.25, 0.3) is 0 Å². The van der Waals surface area contributed by atoms with Gasteiger partial charge in [0.05, 0.1) is 6.61 Å². The van der Waals surface area contributed by atoms with Crippen LogP contribution in [0, 0.1) is 11.3 Å². The topological polar surface area (TPSA) is 76.1 Å². The van der Waals surface area contributed by atoms with Crippen LogP contribution in [0.2, 0.25) is 0 Å². The molecule has 6 nitrogen and oxygen atoms in total. The van der Waals surface area contributed by atoms with Gasteiger partial charge in [0.2, 0.25) is 0 Å². The molecular formula is C12H17NO5. The van der Waals surface area contributed by atoms with Gasteiger partial charge in [-0.25, -0.2) is 4.79 Å². The summed E-state index contributed by atoms with van der Waals surface area (Å²) < 4.78 is 10.2. The van der Waals surface area contributed by atoms with Crippen molar-refractivity contribution >= 4 is 12.1 Å². The summed E-state index contributed by atoms with van der Waals surface area (Å²) in [5.41, 5.74) is -0.967. The van der Waals surface area contributed by atoms with E-state index in [1.807, 2.05) is 0 Å². The van der Waals surface area contributed by atoms with E-state index < -0.39 is 17.5 Å². The average Bonchev–Trinajstić information content (AvgIpc) is 2.76. The molecule has 2 aliphatic heterocycles. The number of carbonyl (C=O) groups excluding carboxylic acids is 1. The third-order valence-corrected chi connectivity index (χ3v) is 3.67. The second-order valence-electron chi connectivity index (χ2n) is 4.75. The Morgan fingerprint density at radius 2 is 2.39 bits per heavy atom. The SMILES string of the molecule is C=CCOC(=O)N1C[C@H]2CCOC[C@@]2(C(=O)O)C1. The molecule has 1 amide bonds. The summed E-state index contributed by atoms with van der Waals surface area (Å²) in [6.07, 6.45) is 1.67. The van der Waals surface area contributed by atoms with Gasteiger partial charge in [0.15, 0.2) is 0 Å². The number of hydrogen-bond acceptors (Lipinski definition) is 4. The number of hydrogen-bond donors (Lipinski definition) is 1. The number of likely N-dealkylation sites (tertiary alicyclic amines) is 1. The molecule has 0 aliphatic carbocycles. The quantitative estimate of drug-likeness (QED) is 0.752. The first-order valence-electron chi connectivity index (χ1n) is 5.94. The third-order valence-electron chi connectivity index (χ3n) is 3.67. The van der Waals surface area contributed by atoms with Crippen LogP contribution in [-0.2, 0) is 14.3 Å². The first-order chi connectivity index (χ1) is 8.60. The van der Waals surface area contributed by atoms with Crippen molar-refractivity contribution in [2.75, 3.05) is 32.9 Å². The molecule has 0 aromatic heterocycles. The number of aliphatic carboxylic acids is 1. The van der Waals surface area contributed by atoms with Gasteiger partial charge in [0, 0.05) is 19.7 Å². The maximum Gasteiger partial charge on any atom is 0.410 e. The van der Waals surface area contributed by atoms with Crippen LogP contribution in [0.15, 0.2) is 12.7 Å². The number of fused-ring (bicyclic) bond motifs is 1. The normalized spacial score (nSPS) is 30.7. The lowest BCUT2D eigenvalue weighted by Crippen LogP contribution is -2.46. The van der Waals surface area contributed by atoms with Crippen molar-refractivity contribution in [1.29, 1.82) is 0 Å². The fourth-order valence-corrected chi connectivity index (χ4v) is 2.65. The number of carbonyl (C=O) groups is 2. The number of rotatable bonds is 3. The zero-order valence-electron chi connectivity index (χ0n) is 10.1. The smallest absolute Gasteiger partial charge is 0.410 e. The average molecular weight is 255 g/mol. The summed E-state index contributed by atoms with van der Waals surface area (Å²) in [7, 11) is 0. The molecule has 0 aromatic carbocycles.